The van der Waals surface area contributed by atoms with Crippen LogP contribution in [-0.4, -0.2) is 50.1 Å². The number of ether oxygens (including phenoxy) is 2. The molecule has 0 unspecified atom stereocenters. The van der Waals surface area contributed by atoms with Crippen molar-refractivity contribution in [1.82, 2.24) is 4.90 Å². The Morgan fingerprint density at radius 3 is 2.34 bits per heavy atom. The van der Waals surface area contributed by atoms with Gasteiger partial charge in [-0.3, -0.25) is 4.79 Å². The van der Waals surface area contributed by atoms with Gasteiger partial charge in [0.25, 0.3) is 0 Å². The monoisotopic (exact) mass is 399 g/mol. The number of carbonyl (C=O) groups excluding carboxylic acids is 1. The van der Waals surface area contributed by atoms with E-state index in [9.17, 15) is 14.3 Å². The Morgan fingerprint density at radius 1 is 1.14 bits per heavy atom. The maximum Gasteiger partial charge on any atom is 0.193 e. The number of piperidine rings is 1. The molecule has 1 N–H and O–H groups in total. The van der Waals surface area contributed by atoms with Gasteiger partial charge in [-0.05, 0) is 62.7 Å². The summed E-state index contributed by atoms with van der Waals surface area (Å²) in [4.78, 5) is 15.2. The van der Waals surface area contributed by atoms with Crippen LogP contribution in [0, 0.1) is 5.82 Å². The van der Waals surface area contributed by atoms with Crippen molar-refractivity contribution in [3.63, 3.8) is 0 Å². The van der Waals surface area contributed by atoms with Crippen molar-refractivity contribution in [2.75, 3.05) is 34.4 Å². The summed E-state index contributed by atoms with van der Waals surface area (Å²) in [6, 6.07) is 7.47. The van der Waals surface area contributed by atoms with Crippen LogP contribution in [0.4, 0.5) is 4.39 Å². The van der Waals surface area contributed by atoms with Crippen molar-refractivity contribution in [3.8, 4) is 17.2 Å². The van der Waals surface area contributed by atoms with Crippen molar-refractivity contribution in [2.45, 2.75) is 18.8 Å². The first-order chi connectivity index (χ1) is 13.9. The van der Waals surface area contributed by atoms with Crippen molar-refractivity contribution < 1.29 is 23.8 Å². The van der Waals surface area contributed by atoms with Crippen molar-refractivity contribution in [3.05, 3.63) is 58.9 Å². The van der Waals surface area contributed by atoms with Crippen LogP contribution in [0.25, 0.3) is 6.08 Å². The maximum absolute atomic E-state index is 13.1. The number of allylic oxidation sites excluding steroid dienone is 1. The number of phenolic OH excluding ortho intramolecular Hbond substituents is 1. The number of phenols is 1. The Balaban J connectivity index is 1.99. The minimum Gasteiger partial charge on any atom is -0.507 e. The van der Waals surface area contributed by atoms with Gasteiger partial charge in [-0.25, -0.2) is 4.39 Å². The van der Waals surface area contributed by atoms with Crippen LogP contribution in [0.2, 0.25) is 0 Å². The summed E-state index contributed by atoms with van der Waals surface area (Å²) < 4.78 is 23.9. The van der Waals surface area contributed by atoms with E-state index in [2.05, 4.69) is 11.9 Å². The number of rotatable bonds is 6. The Kier molecular flexibility index (Phi) is 6.54. The standard InChI is InChI=1S/C23H26FNO4/c1-25-12-10-16(11-13-25)21-19(28-2)14-20(29-3)22(23(21)27)18(26)9-6-15-4-7-17(24)8-5-15/h4-9,14,16,27H,10-13H2,1-3H3/b9-6+. The van der Waals surface area contributed by atoms with Gasteiger partial charge >= 0.3 is 0 Å². The molecule has 6 heteroatoms. The van der Waals surface area contributed by atoms with Gasteiger partial charge in [0.05, 0.1) is 14.2 Å². The second-order valence-corrected chi connectivity index (χ2v) is 7.25. The fraction of sp³-hybridized carbons (Fsp3) is 0.348. The summed E-state index contributed by atoms with van der Waals surface area (Å²) in [6.45, 7) is 1.82. The molecule has 2 aromatic carbocycles. The van der Waals surface area contributed by atoms with E-state index < -0.39 is 0 Å². The van der Waals surface area contributed by atoms with E-state index in [1.807, 2.05) is 0 Å². The van der Waals surface area contributed by atoms with Crippen molar-refractivity contribution >= 4 is 11.9 Å². The molecule has 154 valence electrons. The minimum absolute atomic E-state index is 0.0930. The third-order valence-electron chi connectivity index (χ3n) is 5.38. The Bertz CT molecular complexity index is 900. The number of carbonyl (C=O) groups is 1. The quantitative estimate of drug-likeness (QED) is 0.581. The smallest absolute Gasteiger partial charge is 0.193 e. The van der Waals surface area contributed by atoms with Crippen LogP contribution in [0.3, 0.4) is 0 Å². The van der Waals surface area contributed by atoms with Crippen molar-refractivity contribution in [2.24, 2.45) is 0 Å². The number of hydrogen-bond acceptors (Lipinski definition) is 5. The number of methoxy groups -OCH3 is 2. The Morgan fingerprint density at radius 2 is 1.76 bits per heavy atom. The van der Waals surface area contributed by atoms with Gasteiger partial charge in [0, 0.05) is 11.6 Å². The molecule has 1 heterocycles. The summed E-state index contributed by atoms with van der Waals surface area (Å²) >= 11 is 0. The molecule has 0 saturated carbocycles. The molecule has 2 aromatic rings. The van der Waals surface area contributed by atoms with Gasteiger partial charge in [0.2, 0.25) is 0 Å². The lowest BCUT2D eigenvalue weighted by molar-refractivity contribution is 0.104. The number of nitrogens with zero attached hydrogens (tertiary/aromatic N) is 1. The van der Waals surface area contributed by atoms with Crippen LogP contribution in [0.15, 0.2) is 36.4 Å². The molecule has 1 saturated heterocycles. The van der Waals surface area contributed by atoms with Crippen LogP contribution in [0.1, 0.15) is 40.2 Å². The van der Waals surface area contributed by atoms with E-state index in [0.29, 0.717) is 16.9 Å². The summed E-state index contributed by atoms with van der Waals surface area (Å²) in [7, 11) is 5.06. The number of aromatic hydroxyl groups is 1. The van der Waals surface area contributed by atoms with Gasteiger partial charge < -0.3 is 19.5 Å². The van der Waals surface area contributed by atoms with Crippen molar-refractivity contribution in [1.29, 1.82) is 0 Å². The lowest BCUT2D eigenvalue weighted by Gasteiger charge is -2.31. The zero-order valence-electron chi connectivity index (χ0n) is 16.9. The molecule has 1 fully saturated rings. The summed E-state index contributed by atoms with van der Waals surface area (Å²) in [5, 5.41) is 11.1. The highest BCUT2D eigenvalue weighted by atomic mass is 19.1. The molecule has 0 atom stereocenters. The molecule has 1 aliphatic rings. The first-order valence-corrected chi connectivity index (χ1v) is 9.59. The van der Waals surface area contributed by atoms with E-state index in [0.717, 1.165) is 25.9 Å². The number of halogens is 1. The van der Waals surface area contributed by atoms with Crippen LogP contribution in [-0.2, 0) is 0 Å². The largest absolute Gasteiger partial charge is 0.507 e. The molecule has 5 nitrogen and oxygen atoms in total. The van der Waals surface area contributed by atoms with Crippen LogP contribution in [0.5, 0.6) is 17.2 Å². The molecular formula is C23H26FNO4. The van der Waals surface area contributed by atoms with E-state index in [-0.39, 0.29) is 34.6 Å². The number of likely N-dealkylation sites (tertiary alicyclic amines) is 1. The maximum atomic E-state index is 13.1. The Hall–Kier alpha value is -2.86. The second-order valence-electron chi connectivity index (χ2n) is 7.25. The predicted molar refractivity (Wildman–Crippen MR) is 110 cm³/mol. The lowest BCUT2D eigenvalue weighted by atomic mass is 9.86. The fourth-order valence-corrected chi connectivity index (χ4v) is 3.73. The molecule has 0 aliphatic carbocycles. The van der Waals surface area contributed by atoms with E-state index in [1.54, 1.807) is 31.4 Å². The summed E-state index contributed by atoms with van der Waals surface area (Å²) in [5.41, 5.74) is 1.45. The molecule has 0 radical (unpaired) electrons. The SMILES string of the molecule is COc1cc(OC)c(C2CCN(C)CC2)c(O)c1C(=O)/C=C/c1ccc(F)cc1. The van der Waals surface area contributed by atoms with E-state index in [4.69, 9.17) is 9.47 Å². The molecule has 0 amide bonds. The van der Waals surface area contributed by atoms with E-state index >= 15 is 0 Å². The molecule has 3 rings (SSSR count). The third kappa shape index (κ3) is 4.59. The first-order valence-electron chi connectivity index (χ1n) is 9.59. The average molecular weight is 399 g/mol. The summed E-state index contributed by atoms with van der Waals surface area (Å²) in [5.74, 6) is 0.0492. The molecule has 29 heavy (non-hydrogen) atoms. The Labute approximate surface area is 170 Å². The molecular weight excluding hydrogens is 373 g/mol. The summed E-state index contributed by atoms with van der Waals surface area (Å²) in [6.07, 6.45) is 4.67. The number of hydrogen-bond donors (Lipinski definition) is 1. The van der Waals surface area contributed by atoms with Crippen LogP contribution < -0.4 is 9.47 Å². The highest BCUT2D eigenvalue weighted by Gasteiger charge is 2.29. The fourth-order valence-electron chi connectivity index (χ4n) is 3.73. The third-order valence-corrected chi connectivity index (χ3v) is 5.38. The molecule has 0 spiro atoms. The molecule has 0 aromatic heterocycles. The first kappa shape index (κ1) is 20.9. The highest BCUT2D eigenvalue weighted by molar-refractivity contribution is 6.11. The predicted octanol–water partition coefficient (Wildman–Crippen LogP) is 4.25. The normalized spacial score (nSPS) is 15.6. The van der Waals surface area contributed by atoms with Gasteiger partial charge in [0.1, 0.15) is 28.6 Å². The molecule has 0 bridgehead atoms. The zero-order valence-corrected chi connectivity index (χ0v) is 16.9. The lowest BCUT2D eigenvalue weighted by Crippen LogP contribution is -2.29. The molecule has 1 aliphatic heterocycles. The average Bonchev–Trinajstić information content (AvgIpc) is 2.73. The highest BCUT2D eigenvalue weighted by Crippen LogP contribution is 2.45. The van der Waals surface area contributed by atoms with Gasteiger partial charge in [-0.1, -0.05) is 18.2 Å². The van der Waals surface area contributed by atoms with E-state index in [1.165, 1.54) is 25.3 Å². The van der Waals surface area contributed by atoms with Crippen LogP contribution >= 0.6 is 0 Å². The number of benzene rings is 2. The number of ketones is 1. The van der Waals surface area contributed by atoms with Gasteiger partial charge in [-0.15, -0.1) is 0 Å². The van der Waals surface area contributed by atoms with Gasteiger partial charge in [0.15, 0.2) is 5.78 Å². The topological polar surface area (TPSA) is 59.0 Å². The van der Waals surface area contributed by atoms with Gasteiger partial charge in [-0.2, -0.15) is 0 Å². The second kappa shape index (κ2) is 9.09. The minimum atomic E-state index is -0.388. The zero-order chi connectivity index (χ0) is 21.0.